The number of benzene rings is 2. The second kappa shape index (κ2) is 16.6. The third kappa shape index (κ3) is 8.62. The zero-order valence-corrected chi connectivity index (χ0v) is 29.8. The molecule has 4 heterocycles. The van der Waals surface area contributed by atoms with Crippen molar-refractivity contribution in [2.24, 2.45) is 0 Å². The highest BCUT2D eigenvalue weighted by Gasteiger charge is 2.49. The lowest BCUT2D eigenvalue weighted by Gasteiger charge is -2.49. The van der Waals surface area contributed by atoms with Gasteiger partial charge in [-0.2, -0.15) is 0 Å². The van der Waals surface area contributed by atoms with Gasteiger partial charge < -0.3 is 24.0 Å². The van der Waals surface area contributed by atoms with Gasteiger partial charge in [-0.3, -0.25) is 14.6 Å². The highest BCUT2D eigenvalue weighted by Crippen LogP contribution is 2.36. The maximum atomic E-state index is 15.2. The zero-order chi connectivity index (χ0) is 35.2. The Morgan fingerprint density at radius 1 is 0.920 bits per heavy atom. The predicted octanol–water partition coefficient (Wildman–Crippen LogP) is 5.65. The molecule has 3 aromatic rings. The van der Waals surface area contributed by atoms with E-state index in [0.29, 0.717) is 66.8 Å². The maximum Gasteiger partial charge on any atom is 0.223 e. The summed E-state index contributed by atoms with van der Waals surface area (Å²) in [6.45, 7) is 13.4. The molecule has 3 saturated heterocycles. The number of rotatable bonds is 17. The zero-order valence-electron chi connectivity index (χ0n) is 29.8. The number of halogens is 2. The van der Waals surface area contributed by atoms with Gasteiger partial charge in [-0.25, -0.2) is 13.8 Å². The van der Waals surface area contributed by atoms with Crippen molar-refractivity contribution in [3.05, 3.63) is 89.1 Å². The number of ether oxygens (including phenoxy) is 3. The Morgan fingerprint density at radius 2 is 1.68 bits per heavy atom. The summed E-state index contributed by atoms with van der Waals surface area (Å²) in [5.74, 6) is -0.242. The van der Waals surface area contributed by atoms with Crippen molar-refractivity contribution >= 4 is 11.7 Å². The Bertz CT molecular complexity index is 1570. The minimum Gasteiger partial charge on any atom is -0.489 e. The van der Waals surface area contributed by atoms with E-state index in [9.17, 15) is 4.79 Å². The summed E-state index contributed by atoms with van der Waals surface area (Å²) in [6.07, 6.45) is 0.857. The average molecular weight is 692 g/mol. The van der Waals surface area contributed by atoms with E-state index in [-0.39, 0.29) is 37.7 Å². The summed E-state index contributed by atoms with van der Waals surface area (Å²) in [4.78, 5) is 27.3. The van der Waals surface area contributed by atoms with Crippen LogP contribution in [-0.2, 0) is 33.8 Å². The fourth-order valence-electron chi connectivity index (χ4n) is 7.54. The molecule has 1 amide bonds. The molecule has 3 fully saturated rings. The number of hydrogen-bond acceptors (Lipinski definition) is 8. The minimum absolute atomic E-state index is 0.0696. The number of carbonyl (C=O) groups is 1. The number of amides is 1. The van der Waals surface area contributed by atoms with Gasteiger partial charge in [0.2, 0.25) is 5.91 Å². The van der Waals surface area contributed by atoms with Gasteiger partial charge in [0, 0.05) is 76.0 Å². The van der Waals surface area contributed by atoms with E-state index in [0.717, 1.165) is 31.7 Å². The third-order valence-electron chi connectivity index (χ3n) is 10.2. The van der Waals surface area contributed by atoms with E-state index in [1.54, 1.807) is 23.1 Å². The molecule has 6 rings (SSSR count). The number of aryl methyl sites for hydroxylation is 1. The molecule has 270 valence electrons. The second-order valence-electron chi connectivity index (χ2n) is 13.8. The number of anilines is 1. The first-order chi connectivity index (χ1) is 24.2. The Hall–Kier alpha value is -3.64. The Balaban J connectivity index is 1.08. The number of piperazine rings is 1. The van der Waals surface area contributed by atoms with Crippen LogP contribution in [-0.4, -0.2) is 102 Å². The molecule has 2 bridgehead atoms. The van der Waals surface area contributed by atoms with Crippen LogP contribution in [0.1, 0.15) is 57.4 Å². The van der Waals surface area contributed by atoms with Gasteiger partial charge in [-0.1, -0.05) is 36.4 Å². The van der Waals surface area contributed by atoms with Gasteiger partial charge in [0.05, 0.1) is 18.8 Å². The number of likely N-dealkylation sites (tertiary alicyclic amines) is 2. The number of hydrogen-bond donors (Lipinski definition) is 0. The third-order valence-corrected chi connectivity index (χ3v) is 10.2. The molecule has 0 unspecified atom stereocenters. The number of fused-ring (bicyclic) bond motifs is 2. The molecular formula is C39H51F2N5O4. The van der Waals surface area contributed by atoms with Crippen molar-refractivity contribution in [3.63, 3.8) is 0 Å². The molecule has 3 aliphatic heterocycles. The first kappa shape index (κ1) is 36.2. The molecule has 2 atom stereocenters. The van der Waals surface area contributed by atoms with E-state index in [2.05, 4.69) is 23.6 Å². The van der Waals surface area contributed by atoms with Crippen molar-refractivity contribution in [2.75, 3.05) is 50.8 Å². The van der Waals surface area contributed by atoms with Crippen LogP contribution in [0, 0.1) is 11.6 Å². The Labute approximate surface area is 295 Å². The molecule has 9 nitrogen and oxygen atoms in total. The highest BCUT2D eigenvalue weighted by molar-refractivity contribution is 5.76. The molecule has 11 heteroatoms. The normalized spacial score (nSPS) is 19.5. The second-order valence-corrected chi connectivity index (χ2v) is 13.8. The van der Waals surface area contributed by atoms with Crippen molar-refractivity contribution in [3.8, 4) is 5.75 Å². The summed E-state index contributed by atoms with van der Waals surface area (Å²) >= 11 is 0. The first-order valence-corrected chi connectivity index (χ1v) is 18.1. The van der Waals surface area contributed by atoms with E-state index in [1.807, 2.05) is 49.1 Å². The average Bonchev–Trinajstić information content (AvgIpc) is 3.70. The largest absolute Gasteiger partial charge is 0.489 e. The number of aromatic nitrogens is 1. The van der Waals surface area contributed by atoms with E-state index < -0.39 is 12.1 Å². The van der Waals surface area contributed by atoms with Crippen molar-refractivity contribution < 1.29 is 27.8 Å². The number of nitrogens with zero attached hydrogens (tertiary/aromatic N) is 5. The lowest BCUT2D eigenvalue weighted by atomic mass is 10.0. The van der Waals surface area contributed by atoms with Gasteiger partial charge in [0.25, 0.3) is 0 Å². The fourth-order valence-corrected chi connectivity index (χ4v) is 7.54. The van der Waals surface area contributed by atoms with Crippen molar-refractivity contribution in [1.82, 2.24) is 19.7 Å². The van der Waals surface area contributed by atoms with Crippen LogP contribution in [0.4, 0.5) is 14.6 Å². The smallest absolute Gasteiger partial charge is 0.223 e. The van der Waals surface area contributed by atoms with Gasteiger partial charge in [0.1, 0.15) is 18.2 Å². The standard InChI is InChI=1S/C39H51F2N5O4/c1-5-48-38(49-6-2)25-43(37(47)17-13-29-12-15-34(19-36(29)41)50-26-28-10-8-7-9-11-28)20-30-14-16-35(40)39(42-30)44-21-33(22-44)46-24-31-18-32(46)23-45(31)27(3)4/h7-12,14-16,19,27,31-33,38H,5-6,13,17-18,20-26H2,1-4H3/t31-,32-/m0/s1. The molecule has 2 aromatic carbocycles. The van der Waals surface area contributed by atoms with Crippen LogP contribution in [0.2, 0.25) is 0 Å². The van der Waals surface area contributed by atoms with Crippen LogP contribution in [0.25, 0.3) is 0 Å². The SMILES string of the molecule is CCOC(CN(Cc1ccc(F)c(N2CC(N3C[C@@H]4C[C@H]3CN4C(C)C)C2)n1)C(=O)CCc1ccc(OCc2ccccc2)cc1F)OCC. The van der Waals surface area contributed by atoms with E-state index >= 15 is 8.78 Å². The molecule has 3 aliphatic rings. The quantitative estimate of drug-likeness (QED) is 0.168. The Kier molecular flexibility index (Phi) is 12.0. The lowest BCUT2D eigenvalue weighted by molar-refractivity contribution is -0.159. The molecule has 0 N–H and O–H groups in total. The van der Waals surface area contributed by atoms with Crippen molar-refractivity contribution in [1.29, 1.82) is 0 Å². The Morgan fingerprint density at radius 3 is 2.34 bits per heavy atom. The van der Waals surface area contributed by atoms with Gasteiger partial charge in [-0.05, 0) is 69.9 Å². The summed E-state index contributed by atoms with van der Waals surface area (Å²) in [6, 6.07) is 19.6. The van der Waals surface area contributed by atoms with Gasteiger partial charge in [-0.15, -0.1) is 0 Å². The van der Waals surface area contributed by atoms with Crippen LogP contribution >= 0.6 is 0 Å². The highest BCUT2D eigenvalue weighted by atomic mass is 19.1. The van der Waals surface area contributed by atoms with Crippen LogP contribution in [0.5, 0.6) is 5.75 Å². The van der Waals surface area contributed by atoms with Crippen LogP contribution in [0.3, 0.4) is 0 Å². The number of carbonyl (C=O) groups excluding carboxylic acids is 1. The molecular weight excluding hydrogens is 640 g/mol. The lowest BCUT2D eigenvalue weighted by Crippen LogP contribution is -2.64. The summed E-state index contributed by atoms with van der Waals surface area (Å²) in [5.41, 5.74) is 1.99. The van der Waals surface area contributed by atoms with Crippen molar-refractivity contribution in [2.45, 2.75) is 90.6 Å². The minimum atomic E-state index is -0.634. The van der Waals surface area contributed by atoms with Crippen LogP contribution in [0.15, 0.2) is 60.7 Å². The predicted molar refractivity (Wildman–Crippen MR) is 189 cm³/mol. The monoisotopic (exact) mass is 691 g/mol. The van der Waals surface area contributed by atoms with E-state index in [1.165, 1.54) is 18.6 Å². The topological polar surface area (TPSA) is 70.6 Å². The molecule has 0 saturated carbocycles. The molecule has 1 aromatic heterocycles. The fraction of sp³-hybridized carbons (Fsp3) is 0.538. The number of pyridine rings is 1. The summed E-state index contributed by atoms with van der Waals surface area (Å²) in [7, 11) is 0. The molecule has 0 aliphatic carbocycles. The van der Waals surface area contributed by atoms with E-state index in [4.69, 9.17) is 19.2 Å². The van der Waals surface area contributed by atoms with Crippen LogP contribution < -0.4 is 9.64 Å². The summed E-state index contributed by atoms with van der Waals surface area (Å²) in [5, 5.41) is 0. The summed E-state index contributed by atoms with van der Waals surface area (Å²) < 4.78 is 47.6. The first-order valence-electron chi connectivity index (χ1n) is 18.1. The molecule has 50 heavy (non-hydrogen) atoms. The molecule has 0 spiro atoms. The van der Waals surface area contributed by atoms with Gasteiger partial charge in [0.15, 0.2) is 17.9 Å². The maximum absolute atomic E-state index is 15.2. The van der Waals surface area contributed by atoms with Gasteiger partial charge >= 0.3 is 0 Å². The molecule has 0 radical (unpaired) electrons.